The van der Waals surface area contributed by atoms with Gasteiger partial charge in [0.15, 0.2) is 0 Å². The van der Waals surface area contributed by atoms with E-state index in [0.717, 1.165) is 17.0 Å². The lowest BCUT2D eigenvalue weighted by Crippen LogP contribution is -2.04. The average molecular weight is 247 g/mol. The molecular formula is C16H13N3. The van der Waals surface area contributed by atoms with Gasteiger partial charge in [-0.3, -0.25) is 0 Å². The van der Waals surface area contributed by atoms with E-state index in [0.29, 0.717) is 5.56 Å². The molecule has 2 N–H and O–H groups in total. The maximum absolute atomic E-state index is 8.87. The van der Waals surface area contributed by atoms with Crippen LogP contribution in [0.15, 0.2) is 60.9 Å². The number of hydrogen-bond donors (Lipinski definition) is 2. The van der Waals surface area contributed by atoms with E-state index < -0.39 is 0 Å². The SMILES string of the molecule is N#Cc1ccc(C(c2ccc[nH]2)c2ccc[nH]2)cc1. The molecule has 0 saturated heterocycles. The number of benzene rings is 1. The molecule has 0 aliphatic carbocycles. The highest BCUT2D eigenvalue weighted by Crippen LogP contribution is 2.29. The highest BCUT2D eigenvalue weighted by Gasteiger charge is 2.18. The topological polar surface area (TPSA) is 55.4 Å². The van der Waals surface area contributed by atoms with Crippen LogP contribution in [0.1, 0.15) is 28.4 Å². The smallest absolute Gasteiger partial charge is 0.0991 e. The summed E-state index contributed by atoms with van der Waals surface area (Å²) >= 11 is 0. The number of rotatable bonds is 3. The number of hydrogen-bond acceptors (Lipinski definition) is 1. The fourth-order valence-electron chi connectivity index (χ4n) is 2.32. The molecule has 0 radical (unpaired) electrons. The van der Waals surface area contributed by atoms with Crippen LogP contribution in [0.5, 0.6) is 0 Å². The first-order chi connectivity index (χ1) is 9.38. The quantitative estimate of drug-likeness (QED) is 0.732. The van der Waals surface area contributed by atoms with Crippen molar-refractivity contribution >= 4 is 0 Å². The third-order valence-corrected chi connectivity index (χ3v) is 3.24. The molecule has 0 aliphatic heterocycles. The summed E-state index contributed by atoms with van der Waals surface area (Å²) in [6.07, 6.45) is 3.85. The Hall–Kier alpha value is -2.73. The molecule has 2 aromatic heterocycles. The van der Waals surface area contributed by atoms with Gasteiger partial charge in [-0.05, 0) is 42.0 Å². The highest BCUT2D eigenvalue weighted by atomic mass is 14.7. The van der Waals surface area contributed by atoms with E-state index in [2.05, 4.69) is 28.2 Å². The van der Waals surface area contributed by atoms with Crippen LogP contribution in [-0.4, -0.2) is 9.97 Å². The van der Waals surface area contributed by atoms with E-state index in [1.165, 1.54) is 0 Å². The summed E-state index contributed by atoms with van der Waals surface area (Å²) in [6, 6.07) is 18.0. The predicted octanol–water partition coefficient (Wildman–Crippen LogP) is 3.39. The molecule has 19 heavy (non-hydrogen) atoms. The van der Waals surface area contributed by atoms with E-state index in [1.807, 2.05) is 48.8 Å². The van der Waals surface area contributed by atoms with Crippen molar-refractivity contribution in [1.82, 2.24) is 9.97 Å². The van der Waals surface area contributed by atoms with Crippen molar-refractivity contribution in [1.29, 1.82) is 5.26 Å². The minimum Gasteiger partial charge on any atom is -0.364 e. The van der Waals surface area contributed by atoms with Gasteiger partial charge in [0.25, 0.3) is 0 Å². The van der Waals surface area contributed by atoms with Crippen molar-refractivity contribution in [3.8, 4) is 6.07 Å². The van der Waals surface area contributed by atoms with Crippen LogP contribution in [0.2, 0.25) is 0 Å². The molecule has 3 aromatic rings. The molecular weight excluding hydrogens is 234 g/mol. The van der Waals surface area contributed by atoms with Gasteiger partial charge in [0, 0.05) is 23.8 Å². The van der Waals surface area contributed by atoms with E-state index >= 15 is 0 Å². The zero-order valence-electron chi connectivity index (χ0n) is 10.3. The van der Waals surface area contributed by atoms with Gasteiger partial charge in [-0.15, -0.1) is 0 Å². The monoisotopic (exact) mass is 247 g/mol. The van der Waals surface area contributed by atoms with Gasteiger partial charge in [-0.1, -0.05) is 12.1 Å². The second-order valence-electron chi connectivity index (χ2n) is 4.42. The number of H-pyrrole nitrogens is 2. The van der Waals surface area contributed by atoms with E-state index in [4.69, 9.17) is 5.26 Å². The van der Waals surface area contributed by atoms with Gasteiger partial charge in [-0.2, -0.15) is 5.26 Å². The Kier molecular flexibility index (Phi) is 2.91. The Bertz CT molecular complexity index is 636. The van der Waals surface area contributed by atoms with Gasteiger partial charge in [-0.25, -0.2) is 0 Å². The van der Waals surface area contributed by atoms with Crippen LogP contribution in [0.25, 0.3) is 0 Å². The van der Waals surface area contributed by atoms with Crippen molar-refractivity contribution in [3.05, 3.63) is 83.4 Å². The molecule has 1 aromatic carbocycles. The lowest BCUT2D eigenvalue weighted by atomic mass is 9.92. The van der Waals surface area contributed by atoms with Gasteiger partial charge < -0.3 is 9.97 Å². The van der Waals surface area contributed by atoms with Gasteiger partial charge >= 0.3 is 0 Å². The van der Waals surface area contributed by atoms with Crippen molar-refractivity contribution < 1.29 is 0 Å². The number of aromatic nitrogens is 2. The van der Waals surface area contributed by atoms with Crippen LogP contribution in [0.3, 0.4) is 0 Å². The third-order valence-electron chi connectivity index (χ3n) is 3.24. The second-order valence-corrected chi connectivity index (χ2v) is 4.42. The minimum atomic E-state index is 0.137. The summed E-state index contributed by atoms with van der Waals surface area (Å²) in [4.78, 5) is 6.54. The van der Waals surface area contributed by atoms with Crippen molar-refractivity contribution in [2.24, 2.45) is 0 Å². The first kappa shape index (κ1) is 11.4. The molecule has 2 heterocycles. The standard InChI is InChI=1S/C16H13N3/c17-11-12-5-7-13(8-6-12)16(14-3-1-9-18-14)15-4-2-10-19-15/h1-10,16,18-19H. The Morgan fingerprint density at radius 3 is 1.84 bits per heavy atom. The van der Waals surface area contributed by atoms with E-state index in [1.54, 1.807) is 0 Å². The lowest BCUT2D eigenvalue weighted by molar-refractivity contribution is 0.897. The van der Waals surface area contributed by atoms with E-state index in [9.17, 15) is 0 Å². The summed E-state index contributed by atoms with van der Waals surface area (Å²) in [6.45, 7) is 0. The Morgan fingerprint density at radius 1 is 0.842 bits per heavy atom. The number of nitriles is 1. The molecule has 92 valence electrons. The highest BCUT2D eigenvalue weighted by molar-refractivity contribution is 5.41. The minimum absolute atomic E-state index is 0.137. The van der Waals surface area contributed by atoms with Crippen molar-refractivity contribution in [2.45, 2.75) is 5.92 Å². The maximum atomic E-state index is 8.87. The number of nitrogens with one attached hydrogen (secondary N) is 2. The first-order valence-electron chi connectivity index (χ1n) is 6.15. The van der Waals surface area contributed by atoms with Crippen LogP contribution < -0.4 is 0 Å². The van der Waals surface area contributed by atoms with E-state index in [-0.39, 0.29) is 5.92 Å². The van der Waals surface area contributed by atoms with Crippen LogP contribution in [-0.2, 0) is 0 Å². The van der Waals surface area contributed by atoms with Crippen LogP contribution >= 0.6 is 0 Å². The van der Waals surface area contributed by atoms with Crippen molar-refractivity contribution in [3.63, 3.8) is 0 Å². The molecule has 3 rings (SSSR count). The molecule has 3 heteroatoms. The predicted molar refractivity (Wildman–Crippen MR) is 73.7 cm³/mol. The van der Waals surface area contributed by atoms with Gasteiger partial charge in [0.1, 0.15) is 0 Å². The summed E-state index contributed by atoms with van der Waals surface area (Å²) < 4.78 is 0. The molecule has 0 fully saturated rings. The van der Waals surface area contributed by atoms with Gasteiger partial charge in [0.05, 0.1) is 17.6 Å². The summed E-state index contributed by atoms with van der Waals surface area (Å²) in [7, 11) is 0. The Balaban J connectivity index is 2.07. The molecule has 0 bridgehead atoms. The Labute approximate surface area is 111 Å². The molecule has 0 atom stereocenters. The molecule has 3 nitrogen and oxygen atoms in total. The summed E-state index contributed by atoms with van der Waals surface area (Å²) in [5, 5.41) is 8.87. The molecule has 0 amide bonds. The first-order valence-corrected chi connectivity index (χ1v) is 6.15. The fraction of sp³-hybridized carbons (Fsp3) is 0.0625. The normalized spacial score (nSPS) is 10.5. The second kappa shape index (κ2) is 4.87. The average Bonchev–Trinajstić information content (AvgIpc) is 3.13. The maximum Gasteiger partial charge on any atom is 0.0991 e. The fourth-order valence-corrected chi connectivity index (χ4v) is 2.32. The largest absolute Gasteiger partial charge is 0.364 e. The van der Waals surface area contributed by atoms with Crippen molar-refractivity contribution in [2.75, 3.05) is 0 Å². The summed E-state index contributed by atoms with van der Waals surface area (Å²) in [5.41, 5.74) is 4.10. The lowest BCUT2D eigenvalue weighted by Gasteiger charge is -2.15. The van der Waals surface area contributed by atoms with Gasteiger partial charge in [0.2, 0.25) is 0 Å². The Morgan fingerprint density at radius 2 is 1.42 bits per heavy atom. The molecule has 0 saturated carbocycles. The molecule has 0 spiro atoms. The number of aromatic amines is 2. The molecule has 0 unspecified atom stereocenters. The zero-order valence-corrected chi connectivity index (χ0v) is 10.3. The van der Waals surface area contributed by atoms with Crippen LogP contribution in [0.4, 0.5) is 0 Å². The summed E-state index contributed by atoms with van der Waals surface area (Å²) in [5.74, 6) is 0.137. The third kappa shape index (κ3) is 2.16. The number of nitrogens with zero attached hydrogens (tertiary/aromatic N) is 1. The zero-order chi connectivity index (χ0) is 13.1. The van der Waals surface area contributed by atoms with Crippen LogP contribution in [0, 0.1) is 11.3 Å². The molecule has 0 aliphatic rings.